The Labute approximate surface area is 147 Å². The maximum atomic E-state index is 13.1. The average Bonchev–Trinajstić information content (AvgIpc) is 3.17. The molecule has 1 aliphatic heterocycles. The summed E-state index contributed by atoms with van der Waals surface area (Å²) in [6.45, 7) is 5.67. The van der Waals surface area contributed by atoms with Gasteiger partial charge >= 0.3 is 0 Å². The molecule has 1 atom stereocenters. The topological polar surface area (TPSA) is 53.9 Å². The second-order valence-corrected chi connectivity index (χ2v) is 7.03. The average molecular weight is 336 g/mol. The zero-order chi connectivity index (χ0) is 17.4. The third kappa shape index (κ3) is 3.06. The van der Waals surface area contributed by atoms with Crippen LogP contribution in [0.3, 0.4) is 0 Å². The highest BCUT2D eigenvalue weighted by Gasteiger charge is 2.29. The van der Waals surface area contributed by atoms with E-state index in [1.807, 2.05) is 46.8 Å². The van der Waals surface area contributed by atoms with Crippen LogP contribution in [0.4, 0.5) is 0 Å². The van der Waals surface area contributed by atoms with E-state index in [0.29, 0.717) is 5.69 Å². The molecule has 5 heteroatoms. The maximum Gasteiger partial charge on any atom is 0.270 e. The van der Waals surface area contributed by atoms with Gasteiger partial charge in [0.15, 0.2) is 0 Å². The van der Waals surface area contributed by atoms with Crippen LogP contribution in [0, 0.1) is 13.8 Å². The molecule has 0 bridgehead atoms. The van der Waals surface area contributed by atoms with Gasteiger partial charge in [0.2, 0.25) is 0 Å². The van der Waals surface area contributed by atoms with Crippen LogP contribution in [0.25, 0.3) is 10.9 Å². The van der Waals surface area contributed by atoms with Crippen LogP contribution in [0.15, 0.2) is 36.4 Å². The second kappa shape index (κ2) is 6.39. The molecular formula is C20H24N4O. The van der Waals surface area contributed by atoms with Crippen LogP contribution in [-0.2, 0) is 6.54 Å². The molecule has 5 nitrogen and oxygen atoms in total. The van der Waals surface area contributed by atoms with Crippen LogP contribution >= 0.6 is 0 Å². The molecule has 25 heavy (non-hydrogen) atoms. The lowest BCUT2D eigenvalue weighted by atomic mass is 10.0. The molecule has 0 radical (unpaired) electrons. The highest BCUT2D eigenvalue weighted by atomic mass is 16.2. The van der Waals surface area contributed by atoms with Crippen molar-refractivity contribution in [3.63, 3.8) is 0 Å². The predicted molar refractivity (Wildman–Crippen MR) is 98.7 cm³/mol. The number of H-pyrrole nitrogens is 1. The van der Waals surface area contributed by atoms with Crippen molar-refractivity contribution in [2.75, 3.05) is 6.54 Å². The van der Waals surface area contributed by atoms with E-state index in [-0.39, 0.29) is 11.9 Å². The van der Waals surface area contributed by atoms with Crippen LogP contribution in [-0.4, -0.2) is 38.2 Å². The molecule has 1 fully saturated rings. The molecule has 130 valence electrons. The quantitative estimate of drug-likeness (QED) is 0.793. The summed E-state index contributed by atoms with van der Waals surface area (Å²) in [4.78, 5) is 18.4. The molecule has 2 aromatic heterocycles. The fraction of sp³-hybridized carbons (Fsp3) is 0.400. The molecule has 1 amide bonds. The van der Waals surface area contributed by atoms with Crippen molar-refractivity contribution in [3.8, 4) is 0 Å². The second-order valence-electron chi connectivity index (χ2n) is 7.03. The third-order valence-electron chi connectivity index (χ3n) is 5.14. The molecule has 1 N–H and O–H groups in total. The Bertz CT molecular complexity index is 874. The molecule has 0 spiro atoms. The lowest BCUT2D eigenvalue weighted by Crippen LogP contribution is -2.46. The molecule has 4 rings (SSSR count). The number of rotatable bonds is 3. The van der Waals surface area contributed by atoms with Crippen LogP contribution in [0.5, 0.6) is 0 Å². The molecule has 1 aliphatic rings. The zero-order valence-corrected chi connectivity index (χ0v) is 14.8. The normalized spacial score (nSPS) is 18.0. The first kappa shape index (κ1) is 15.9. The first-order chi connectivity index (χ1) is 12.1. The number of benzene rings is 1. The number of piperidine rings is 1. The van der Waals surface area contributed by atoms with Gasteiger partial charge in [-0.1, -0.05) is 18.2 Å². The number of nitrogens with zero attached hydrogens (tertiary/aromatic N) is 3. The van der Waals surface area contributed by atoms with Gasteiger partial charge in [-0.3, -0.25) is 9.48 Å². The van der Waals surface area contributed by atoms with Gasteiger partial charge in [-0.15, -0.1) is 0 Å². The van der Waals surface area contributed by atoms with E-state index in [1.54, 1.807) is 0 Å². The minimum Gasteiger partial charge on any atom is -0.351 e. The summed E-state index contributed by atoms with van der Waals surface area (Å²) in [6.07, 6.45) is 3.27. The smallest absolute Gasteiger partial charge is 0.270 e. The number of carbonyl (C=O) groups is 1. The molecule has 3 heterocycles. The molecule has 3 aromatic rings. The SMILES string of the molecule is Cc1cc(C)n(C[C@@H]2CCCCN2C(=O)c2cc3ccccc3[nH]2)n1. The Kier molecular flexibility index (Phi) is 4.07. The summed E-state index contributed by atoms with van der Waals surface area (Å²) in [5.41, 5.74) is 3.88. The standard InChI is InChI=1S/C20H24N4O/c1-14-11-15(2)24(22-14)13-17-8-5-6-10-23(17)20(25)19-12-16-7-3-4-9-18(16)21-19/h3-4,7,9,11-12,17,21H,5-6,8,10,13H2,1-2H3/t17-/m0/s1. The van der Waals surface area contributed by atoms with E-state index in [4.69, 9.17) is 0 Å². The van der Waals surface area contributed by atoms with Crippen LogP contribution in [0.1, 0.15) is 41.1 Å². The first-order valence-corrected chi connectivity index (χ1v) is 9.01. The lowest BCUT2D eigenvalue weighted by molar-refractivity contribution is 0.0577. The Hall–Kier alpha value is -2.56. The minimum atomic E-state index is 0.0995. The van der Waals surface area contributed by atoms with Crippen LogP contribution in [0.2, 0.25) is 0 Å². The number of fused-ring (bicyclic) bond motifs is 1. The first-order valence-electron chi connectivity index (χ1n) is 9.01. The Morgan fingerprint density at radius 1 is 1.24 bits per heavy atom. The summed E-state index contributed by atoms with van der Waals surface area (Å²) in [6, 6.07) is 12.3. The Morgan fingerprint density at radius 2 is 2.08 bits per heavy atom. The number of hydrogen-bond acceptors (Lipinski definition) is 2. The molecule has 0 saturated carbocycles. The third-order valence-corrected chi connectivity index (χ3v) is 5.14. The van der Waals surface area contributed by atoms with Gasteiger partial charge in [-0.25, -0.2) is 0 Å². The van der Waals surface area contributed by atoms with Gasteiger partial charge in [0.05, 0.1) is 18.3 Å². The van der Waals surface area contributed by atoms with E-state index in [0.717, 1.165) is 48.2 Å². The number of hydrogen-bond donors (Lipinski definition) is 1. The highest BCUT2D eigenvalue weighted by molar-refractivity contribution is 5.98. The van der Waals surface area contributed by atoms with Gasteiger partial charge < -0.3 is 9.88 Å². The van der Waals surface area contributed by atoms with E-state index < -0.39 is 0 Å². The number of aromatic nitrogens is 3. The van der Waals surface area contributed by atoms with E-state index in [2.05, 4.69) is 23.1 Å². The lowest BCUT2D eigenvalue weighted by Gasteiger charge is -2.35. The number of nitrogens with one attached hydrogen (secondary N) is 1. The van der Waals surface area contributed by atoms with Crippen molar-refractivity contribution in [1.29, 1.82) is 0 Å². The summed E-state index contributed by atoms with van der Waals surface area (Å²) in [7, 11) is 0. The van der Waals surface area contributed by atoms with Crippen molar-refractivity contribution in [1.82, 2.24) is 19.7 Å². The summed E-state index contributed by atoms with van der Waals surface area (Å²) in [5, 5.41) is 5.66. The number of likely N-dealkylation sites (tertiary alicyclic amines) is 1. The summed E-state index contributed by atoms with van der Waals surface area (Å²) < 4.78 is 2.04. The summed E-state index contributed by atoms with van der Waals surface area (Å²) >= 11 is 0. The largest absolute Gasteiger partial charge is 0.351 e. The predicted octanol–water partition coefficient (Wildman–Crippen LogP) is 3.68. The number of para-hydroxylation sites is 1. The Balaban J connectivity index is 1.59. The van der Waals surface area contributed by atoms with Gasteiger partial charge in [0, 0.05) is 23.1 Å². The Morgan fingerprint density at radius 3 is 2.84 bits per heavy atom. The zero-order valence-electron chi connectivity index (χ0n) is 14.8. The van der Waals surface area contributed by atoms with Crippen LogP contribution < -0.4 is 0 Å². The molecule has 1 saturated heterocycles. The van der Waals surface area contributed by atoms with Crippen molar-refractivity contribution in [2.45, 2.75) is 45.7 Å². The van der Waals surface area contributed by atoms with Gasteiger partial charge in [0.25, 0.3) is 5.91 Å². The molecule has 0 aliphatic carbocycles. The van der Waals surface area contributed by atoms with Crippen molar-refractivity contribution in [3.05, 3.63) is 53.5 Å². The number of amides is 1. The molecule has 1 aromatic carbocycles. The maximum absolute atomic E-state index is 13.1. The number of carbonyl (C=O) groups excluding carboxylic acids is 1. The monoisotopic (exact) mass is 336 g/mol. The fourth-order valence-corrected chi connectivity index (χ4v) is 3.86. The minimum absolute atomic E-state index is 0.0995. The molecule has 0 unspecified atom stereocenters. The number of aromatic amines is 1. The number of aryl methyl sites for hydroxylation is 2. The van der Waals surface area contributed by atoms with Crippen molar-refractivity contribution < 1.29 is 4.79 Å². The fourth-order valence-electron chi connectivity index (χ4n) is 3.86. The van der Waals surface area contributed by atoms with Gasteiger partial charge in [0.1, 0.15) is 5.69 Å². The van der Waals surface area contributed by atoms with Gasteiger partial charge in [-0.2, -0.15) is 5.10 Å². The van der Waals surface area contributed by atoms with Gasteiger partial charge in [-0.05, 0) is 51.3 Å². The van der Waals surface area contributed by atoms with Crippen molar-refractivity contribution >= 4 is 16.8 Å². The van der Waals surface area contributed by atoms with E-state index >= 15 is 0 Å². The molecular weight excluding hydrogens is 312 g/mol. The van der Waals surface area contributed by atoms with E-state index in [9.17, 15) is 4.79 Å². The summed E-state index contributed by atoms with van der Waals surface area (Å²) in [5.74, 6) is 0.0995. The van der Waals surface area contributed by atoms with E-state index in [1.165, 1.54) is 6.42 Å². The highest BCUT2D eigenvalue weighted by Crippen LogP contribution is 2.23. The van der Waals surface area contributed by atoms with Crippen molar-refractivity contribution in [2.24, 2.45) is 0 Å².